The van der Waals surface area contributed by atoms with Crippen molar-refractivity contribution in [2.75, 3.05) is 7.11 Å². The predicted octanol–water partition coefficient (Wildman–Crippen LogP) is 0.0378. The summed E-state index contributed by atoms with van der Waals surface area (Å²) < 4.78 is 4.42. The zero-order valence-corrected chi connectivity index (χ0v) is 7.90. The first-order chi connectivity index (χ1) is 6.16. The van der Waals surface area contributed by atoms with Gasteiger partial charge in [-0.3, -0.25) is 0 Å². The van der Waals surface area contributed by atoms with Crippen molar-refractivity contribution in [2.24, 2.45) is 11.7 Å². The number of carbonyl (C=O) groups excluding carboxylic acids is 1. The number of ether oxygens (including phenoxy) is 1. The van der Waals surface area contributed by atoms with Gasteiger partial charge in [-0.25, -0.2) is 4.79 Å². The summed E-state index contributed by atoms with van der Waals surface area (Å²) >= 11 is 0. The van der Waals surface area contributed by atoms with E-state index in [0.717, 1.165) is 25.7 Å². The van der Waals surface area contributed by atoms with Crippen LogP contribution in [-0.4, -0.2) is 30.3 Å². The van der Waals surface area contributed by atoms with Crippen molar-refractivity contribution in [3.05, 3.63) is 0 Å². The smallest absolute Gasteiger partial charge is 0.336 e. The summed E-state index contributed by atoms with van der Waals surface area (Å²) in [5, 5.41) is 9.45. The molecule has 1 aliphatic carbocycles. The average molecular weight is 187 g/mol. The fourth-order valence-corrected chi connectivity index (χ4v) is 1.88. The van der Waals surface area contributed by atoms with Gasteiger partial charge in [0.15, 0.2) is 6.10 Å². The van der Waals surface area contributed by atoms with Crippen LogP contribution in [0.25, 0.3) is 0 Å². The van der Waals surface area contributed by atoms with E-state index in [1.54, 1.807) is 0 Å². The van der Waals surface area contributed by atoms with E-state index in [2.05, 4.69) is 4.74 Å². The first-order valence-corrected chi connectivity index (χ1v) is 4.68. The molecule has 0 aliphatic heterocycles. The molecule has 76 valence electrons. The number of methoxy groups -OCH3 is 1. The molecule has 2 unspecified atom stereocenters. The molecule has 1 saturated carbocycles. The quantitative estimate of drug-likeness (QED) is 0.612. The van der Waals surface area contributed by atoms with Crippen LogP contribution in [0.15, 0.2) is 0 Å². The van der Waals surface area contributed by atoms with E-state index in [1.807, 2.05) is 0 Å². The van der Waals surface area contributed by atoms with Crippen LogP contribution < -0.4 is 5.73 Å². The molecule has 13 heavy (non-hydrogen) atoms. The molecule has 4 nitrogen and oxygen atoms in total. The Hall–Kier alpha value is -0.610. The number of aliphatic hydroxyl groups excluding tert-OH is 1. The Bertz CT molecular complexity index is 178. The second-order valence-corrected chi connectivity index (χ2v) is 3.59. The van der Waals surface area contributed by atoms with Crippen LogP contribution in [-0.2, 0) is 9.53 Å². The summed E-state index contributed by atoms with van der Waals surface area (Å²) in [5.74, 6) is -0.353. The second kappa shape index (κ2) is 4.58. The van der Waals surface area contributed by atoms with E-state index in [1.165, 1.54) is 7.11 Å². The van der Waals surface area contributed by atoms with E-state index in [-0.39, 0.29) is 5.92 Å². The molecule has 0 aromatic heterocycles. The molecular weight excluding hydrogens is 170 g/mol. The maximum Gasteiger partial charge on any atom is 0.336 e. The molecule has 0 bridgehead atoms. The monoisotopic (exact) mass is 187 g/mol. The maximum atomic E-state index is 11.0. The fourth-order valence-electron chi connectivity index (χ4n) is 1.88. The highest BCUT2D eigenvalue weighted by atomic mass is 16.5. The van der Waals surface area contributed by atoms with Crippen LogP contribution >= 0.6 is 0 Å². The molecular formula is C9H17NO3. The van der Waals surface area contributed by atoms with Crippen molar-refractivity contribution in [3.63, 3.8) is 0 Å². The molecule has 0 aromatic rings. The van der Waals surface area contributed by atoms with Crippen LogP contribution in [0.2, 0.25) is 0 Å². The Morgan fingerprint density at radius 2 is 2.08 bits per heavy atom. The van der Waals surface area contributed by atoms with E-state index in [4.69, 9.17) is 5.73 Å². The lowest BCUT2D eigenvalue weighted by Crippen LogP contribution is -2.45. The Morgan fingerprint density at radius 1 is 1.54 bits per heavy atom. The normalized spacial score (nSPS) is 22.7. The van der Waals surface area contributed by atoms with Gasteiger partial charge >= 0.3 is 5.97 Å². The van der Waals surface area contributed by atoms with Gasteiger partial charge < -0.3 is 15.6 Å². The minimum Gasteiger partial charge on any atom is -0.467 e. The molecule has 0 spiro atoms. The van der Waals surface area contributed by atoms with Gasteiger partial charge in [-0.1, -0.05) is 12.8 Å². The van der Waals surface area contributed by atoms with Crippen LogP contribution in [0.5, 0.6) is 0 Å². The molecule has 0 amide bonds. The summed E-state index contributed by atoms with van der Waals surface area (Å²) in [5.41, 5.74) is 5.75. The number of aliphatic hydroxyl groups is 1. The van der Waals surface area contributed by atoms with Gasteiger partial charge in [0.1, 0.15) is 0 Å². The first-order valence-electron chi connectivity index (χ1n) is 4.68. The largest absolute Gasteiger partial charge is 0.467 e. The average Bonchev–Trinajstić information content (AvgIpc) is 2.67. The van der Waals surface area contributed by atoms with Gasteiger partial charge in [0.05, 0.1) is 7.11 Å². The number of hydrogen-bond donors (Lipinski definition) is 2. The molecule has 3 N–H and O–H groups in total. The zero-order valence-electron chi connectivity index (χ0n) is 7.90. The van der Waals surface area contributed by atoms with Crippen LogP contribution in [0, 0.1) is 5.92 Å². The Balaban J connectivity index is 2.45. The van der Waals surface area contributed by atoms with Gasteiger partial charge in [-0.15, -0.1) is 0 Å². The van der Waals surface area contributed by atoms with E-state index >= 15 is 0 Å². The van der Waals surface area contributed by atoms with Gasteiger partial charge in [0.2, 0.25) is 0 Å². The van der Waals surface area contributed by atoms with Crippen molar-refractivity contribution in [1.29, 1.82) is 0 Å². The maximum absolute atomic E-state index is 11.0. The number of carbonyl (C=O) groups is 1. The lowest BCUT2D eigenvalue weighted by molar-refractivity contribution is -0.152. The molecule has 1 fully saturated rings. The van der Waals surface area contributed by atoms with Crippen molar-refractivity contribution < 1.29 is 14.6 Å². The summed E-state index contributed by atoms with van der Waals surface area (Å²) in [6, 6.07) is -0.463. The van der Waals surface area contributed by atoms with Crippen LogP contribution in [0.1, 0.15) is 25.7 Å². The molecule has 1 rings (SSSR count). The summed E-state index contributed by atoms with van der Waals surface area (Å²) in [7, 11) is 1.26. The number of rotatable bonds is 3. The third-order valence-electron chi connectivity index (χ3n) is 2.75. The van der Waals surface area contributed by atoms with Gasteiger partial charge in [0, 0.05) is 6.04 Å². The molecule has 0 saturated heterocycles. The predicted molar refractivity (Wildman–Crippen MR) is 48.0 cm³/mol. The number of hydrogen-bond acceptors (Lipinski definition) is 4. The van der Waals surface area contributed by atoms with E-state index < -0.39 is 18.1 Å². The molecule has 0 heterocycles. The standard InChI is InChI=1S/C9H17NO3/c1-13-9(12)8(11)7(10)6-4-2-3-5-6/h6-8,11H,2-5,10H2,1H3. The topological polar surface area (TPSA) is 72.5 Å². The Labute approximate surface area is 78.1 Å². The molecule has 0 aromatic carbocycles. The summed E-state index contributed by atoms with van der Waals surface area (Å²) in [6.45, 7) is 0. The summed E-state index contributed by atoms with van der Waals surface area (Å²) in [4.78, 5) is 11.0. The van der Waals surface area contributed by atoms with Gasteiger partial charge in [-0.2, -0.15) is 0 Å². The summed E-state index contributed by atoms with van der Waals surface area (Å²) in [6.07, 6.45) is 3.15. The van der Waals surface area contributed by atoms with E-state index in [0.29, 0.717) is 0 Å². The van der Waals surface area contributed by atoms with Crippen LogP contribution in [0.4, 0.5) is 0 Å². The Kier molecular flexibility index (Phi) is 3.69. The van der Waals surface area contributed by atoms with Crippen molar-refractivity contribution in [1.82, 2.24) is 0 Å². The van der Waals surface area contributed by atoms with Crippen molar-refractivity contribution in [3.8, 4) is 0 Å². The first kappa shape index (κ1) is 10.5. The highest BCUT2D eigenvalue weighted by Crippen LogP contribution is 2.28. The lowest BCUT2D eigenvalue weighted by atomic mass is 9.94. The van der Waals surface area contributed by atoms with Gasteiger partial charge in [0.25, 0.3) is 0 Å². The highest BCUT2D eigenvalue weighted by Gasteiger charge is 2.32. The minimum atomic E-state index is -1.16. The number of nitrogens with two attached hydrogens (primary N) is 1. The van der Waals surface area contributed by atoms with Crippen molar-refractivity contribution in [2.45, 2.75) is 37.8 Å². The number of esters is 1. The third-order valence-corrected chi connectivity index (χ3v) is 2.75. The lowest BCUT2D eigenvalue weighted by Gasteiger charge is -2.22. The fraction of sp³-hybridized carbons (Fsp3) is 0.889. The second-order valence-electron chi connectivity index (χ2n) is 3.59. The van der Waals surface area contributed by atoms with Gasteiger partial charge in [-0.05, 0) is 18.8 Å². The van der Waals surface area contributed by atoms with Crippen LogP contribution in [0.3, 0.4) is 0 Å². The highest BCUT2D eigenvalue weighted by molar-refractivity contribution is 5.75. The zero-order chi connectivity index (χ0) is 9.84. The molecule has 4 heteroatoms. The van der Waals surface area contributed by atoms with E-state index in [9.17, 15) is 9.90 Å². The molecule has 2 atom stereocenters. The van der Waals surface area contributed by atoms with Crippen molar-refractivity contribution >= 4 is 5.97 Å². The third kappa shape index (κ3) is 2.42. The minimum absolute atomic E-state index is 0.272. The molecule has 1 aliphatic rings. The Morgan fingerprint density at radius 3 is 2.54 bits per heavy atom. The molecule has 0 radical (unpaired) electrons. The SMILES string of the molecule is COC(=O)C(O)C(N)C1CCCC1.